The monoisotopic (exact) mass is 258 g/mol. The molecule has 0 fully saturated rings. The van der Waals surface area contributed by atoms with Gasteiger partial charge in [-0.3, -0.25) is 4.79 Å². The largest absolute Gasteiger partial charge is 0.480 e. The summed E-state index contributed by atoms with van der Waals surface area (Å²) in [6.07, 6.45) is 0. The van der Waals surface area contributed by atoms with Gasteiger partial charge in [0.1, 0.15) is 0 Å². The van der Waals surface area contributed by atoms with Crippen LogP contribution in [0.4, 0.5) is 0 Å². The number of aliphatic carboxylic acids is 1. The fourth-order valence-corrected chi connectivity index (χ4v) is 2.01. The SMILES string of the molecule is NCc1ccc(CNS(=O)(=O)CC(=O)O)cc1. The van der Waals surface area contributed by atoms with Crippen LogP contribution in [0.1, 0.15) is 11.1 Å². The minimum Gasteiger partial charge on any atom is -0.480 e. The van der Waals surface area contributed by atoms with Gasteiger partial charge in [0, 0.05) is 13.1 Å². The molecule has 1 aromatic carbocycles. The molecule has 94 valence electrons. The Morgan fingerprint density at radius 1 is 1.24 bits per heavy atom. The van der Waals surface area contributed by atoms with E-state index >= 15 is 0 Å². The van der Waals surface area contributed by atoms with Crippen LogP contribution < -0.4 is 10.5 Å². The highest BCUT2D eigenvalue weighted by Crippen LogP contribution is 2.03. The third-order valence-corrected chi connectivity index (χ3v) is 3.28. The molecular weight excluding hydrogens is 244 g/mol. The predicted molar refractivity (Wildman–Crippen MR) is 62.6 cm³/mol. The van der Waals surface area contributed by atoms with Gasteiger partial charge in [-0.15, -0.1) is 0 Å². The average molecular weight is 258 g/mol. The third-order valence-electron chi connectivity index (χ3n) is 2.07. The Bertz CT molecular complexity index is 482. The summed E-state index contributed by atoms with van der Waals surface area (Å²) in [6.45, 7) is 0.492. The molecule has 0 spiro atoms. The van der Waals surface area contributed by atoms with Crippen molar-refractivity contribution in [1.82, 2.24) is 4.72 Å². The van der Waals surface area contributed by atoms with E-state index in [-0.39, 0.29) is 6.54 Å². The first-order valence-electron chi connectivity index (χ1n) is 4.90. The lowest BCUT2D eigenvalue weighted by Crippen LogP contribution is -2.29. The lowest BCUT2D eigenvalue weighted by molar-refractivity contribution is -0.134. The first-order valence-corrected chi connectivity index (χ1v) is 6.55. The fourth-order valence-electron chi connectivity index (χ4n) is 1.20. The van der Waals surface area contributed by atoms with E-state index in [0.717, 1.165) is 11.1 Å². The van der Waals surface area contributed by atoms with Crippen molar-refractivity contribution in [3.63, 3.8) is 0 Å². The number of nitrogens with two attached hydrogens (primary N) is 1. The average Bonchev–Trinajstić information content (AvgIpc) is 2.25. The highest BCUT2D eigenvalue weighted by molar-refractivity contribution is 7.90. The van der Waals surface area contributed by atoms with Gasteiger partial charge in [0.05, 0.1) is 0 Å². The van der Waals surface area contributed by atoms with E-state index in [1.807, 2.05) is 0 Å². The Kier molecular flexibility index (Phi) is 4.62. The van der Waals surface area contributed by atoms with Crippen molar-refractivity contribution < 1.29 is 18.3 Å². The zero-order valence-corrected chi connectivity index (χ0v) is 9.90. The predicted octanol–water partition coefficient (Wildman–Crippen LogP) is -0.351. The maximum absolute atomic E-state index is 11.2. The molecule has 0 aliphatic heterocycles. The van der Waals surface area contributed by atoms with Crippen LogP contribution in [0.5, 0.6) is 0 Å². The van der Waals surface area contributed by atoms with Crippen LogP contribution in [0.15, 0.2) is 24.3 Å². The molecular formula is C10H14N2O4S. The number of carbonyl (C=O) groups is 1. The summed E-state index contributed by atoms with van der Waals surface area (Å²) in [5.41, 5.74) is 7.11. The maximum Gasteiger partial charge on any atom is 0.320 e. The molecule has 0 amide bonds. The van der Waals surface area contributed by atoms with Crippen LogP contribution in [-0.2, 0) is 27.9 Å². The fraction of sp³-hybridized carbons (Fsp3) is 0.300. The molecule has 6 nitrogen and oxygen atoms in total. The van der Waals surface area contributed by atoms with Crippen LogP contribution in [0.2, 0.25) is 0 Å². The minimum absolute atomic E-state index is 0.0699. The van der Waals surface area contributed by atoms with Crippen LogP contribution in [0, 0.1) is 0 Å². The topological polar surface area (TPSA) is 109 Å². The van der Waals surface area contributed by atoms with Crippen molar-refractivity contribution in [1.29, 1.82) is 0 Å². The Labute approximate surface area is 99.5 Å². The highest BCUT2D eigenvalue weighted by Gasteiger charge is 2.14. The number of carboxylic acids is 1. The van der Waals surface area contributed by atoms with Gasteiger partial charge in [0.2, 0.25) is 10.0 Å². The highest BCUT2D eigenvalue weighted by atomic mass is 32.2. The molecule has 0 unspecified atom stereocenters. The second-order valence-corrected chi connectivity index (χ2v) is 5.30. The number of sulfonamides is 1. The summed E-state index contributed by atoms with van der Waals surface area (Å²) in [6, 6.07) is 7.07. The molecule has 1 aromatic rings. The van der Waals surface area contributed by atoms with Crippen molar-refractivity contribution in [3.05, 3.63) is 35.4 Å². The summed E-state index contributed by atoms with van der Waals surface area (Å²) >= 11 is 0. The zero-order chi connectivity index (χ0) is 12.9. The molecule has 7 heteroatoms. The van der Waals surface area contributed by atoms with E-state index in [2.05, 4.69) is 4.72 Å². The van der Waals surface area contributed by atoms with E-state index < -0.39 is 21.7 Å². The molecule has 0 aromatic heterocycles. The number of nitrogens with one attached hydrogen (secondary N) is 1. The van der Waals surface area contributed by atoms with E-state index in [9.17, 15) is 13.2 Å². The van der Waals surface area contributed by atoms with Crippen LogP contribution in [0.25, 0.3) is 0 Å². The van der Waals surface area contributed by atoms with Crippen LogP contribution >= 0.6 is 0 Å². The second-order valence-electron chi connectivity index (χ2n) is 3.49. The summed E-state index contributed by atoms with van der Waals surface area (Å²) in [4.78, 5) is 10.3. The molecule has 0 atom stereocenters. The van der Waals surface area contributed by atoms with Crippen LogP contribution in [-0.4, -0.2) is 25.2 Å². The molecule has 4 N–H and O–H groups in total. The van der Waals surface area contributed by atoms with Crippen molar-refractivity contribution in [2.24, 2.45) is 5.73 Å². The lowest BCUT2D eigenvalue weighted by atomic mass is 10.1. The normalized spacial score (nSPS) is 11.4. The van der Waals surface area contributed by atoms with Gasteiger partial charge in [-0.25, -0.2) is 13.1 Å². The number of carboxylic acid groups (broad SMARTS) is 1. The first kappa shape index (κ1) is 13.6. The molecule has 0 bridgehead atoms. The first-order chi connectivity index (χ1) is 7.93. The van der Waals surface area contributed by atoms with E-state index in [1.165, 1.54) is 0 Å². The van der Waals surface area contributed by atoms with E-state index in [1.54, 1.807) is 24.3 Å². The smallest absolute Gasteiger partial charge is 0.320 e. The zero-order valence-electron chi connectivity index (χ0n) is 9.09. The van der Waals surface area contributed by atoms with Crippen molar-refractivity contribution >= 4 is 16.0 Å². The number of hydrogen-bond acceptors (Lipinski definition) is 4. The molecule has 0 aliphatic rings. The van der Waals surface area contributed by atoms with E-state index in [4.69, 9.17) is 10.8 Å². The standard InChI is InChI=1S/C10H14N2O4S/c11-5-8-1-3-9(4-2-8)6-12-17(15,16)7-10(13)14/h1-4,12H,5-7,11H2,(H,13,14). The Balaban J connectivity index is 2.58. The second kappa shape index (κ2) is 5.76. The van der Waals surface area contributed by atoms with Gasteiger partial charge in [0.15, 0.2) is 5.75 Å². The van der Waals surface area contributed by atoms with Gasteiger partial charge in [-0.1, -0.05) is 24.3 Å². The Morgan fingerprint density at radius 3 is 2.24 bits per heavy atom. The number of rotatable bonds is 6. The molecule has 0 heterocycles. The van der Waals surface area contributed by atoms with Crippen molar-refractivity contribution in [2.45, 2.75) is 13.1 Å². The van der Waals surface area contributed by atoms with Gasteiger partial charge in [-0.05, 0) is 11.1 Å². The molecule has 0 saturated carbocycles. The number of benzene rings is 1. The third kappa shape index (κ3) is 4.94. The molecule has 0 radical (unpaired) electrons. The summed E-state index contributed by atoms with van der Waals surface area (Å²) in [7, 11) is -3.77. The molecule has 17 heavy (non-hydrogen) atoms. The van der Waals surface area contributed by atoms with Gasteiger partial charge in [-0.2, -0.15) is 0 Å². The molecule has 1 rings (SSSR count). The maximum atomic E-state index is 11.2. The molecule has 0 saturated heterocycles. The van der Waals surface area contributed by atoms with Crippen molar-refractivity contribution in [3.8, 4) is 0 Å². The summed E-state index contributed by atoms with van der Waals surface area (Å²) in [5, 5.41) is 8.38. The Hall–Kier alpha value is -1.44. The van der Waals surface area contributed by atoms with Gasteiger partial charge < -0.3 is 10.8 Å². The minimum atomic E-state index is -3.77. The van der Waals surface area contributed by atoms with Crippen LogP contribution in [0.3, 0.4) is 0 Å². The quantitative estimate of drug-likeness (QED) is 0.646. The lowest BCUT2D eigenvalue weighted by Gasteiger charge is -2.05. The number of hydrogen-bond donors (Lipinski definition) is 3. The summed E-state index contributed by atoms with van der Waals surface area (Å²) in [5.74, 6) is -2.30. The van der Waals surface area contributed by atoms with Crippen molar-refractivity contribution in [2.75, 3.05) is 5.75 Å². The molecule has 0 aliphatic carbocycles. The van der Waals surface area contributed by atoms with Gasteiger partial charge in [0.25, 0.3) is 0 Å². The Morgan fingerprint density at radius 2 is 1.76 bits per heavy atom. The summed E-state index contributed by atoms with van der Waals surface area (Å²) < 4.78 is 24.7. The van der Waals surface area contributed by atoms with E-state index in [0.29, 0.717) is 6.54 Å². The van der Waals surface area contributed by atoms with Gasteiger partial charge >= 0.3 is 5.97 Å².